The van der Waals surface area contributed by atoms with Crippen LogP contribution < -0.4 is 15.0 Å². The minimum Gasteiger partial charge on any atom is -0.497 e. The highest BCUT2D eigenvalue weighted by atomic mass is 16.5. The van der Waals surface area contributed by atoms with Gasteiger partial charge in [0.2, 0.25) is 5.91 Å². The number of rotatable bonds is 7. The number of anilines is 2. The van der Waals surface area contributed by atoms with Gasteiger partial charge in [0.05, 0.1) is 13.2 Å². The lowest BCUT2D eigenvalue weighted by atomic mass is 9.97. The molecule has 2 aromatic carbocycles. The van der Waals surface area contributed by atoms with Crippen molar-refractivity contribution in [3.63, 3.8) is 0 Å². The molecule has 3 rings (SSSR count). The molecule has 0 aliphatic carbocycles. The molecule has 1 saturated heterocycles. The second kappa shape index (κ2) is 9.79. The molecule has 0 bridgehead atoms. The third-order valence-corrected chi connectivity index (χ3v) is 6.02. The lowest BCUT2D eigenvalue weighted by molar-refractivity contribution is -0.120. The van der Waals surface area contributed by atoms with Crippen LogP contribution in [0.15, 0.2) is 48.5 Å². The quantitative estimate of drug-likeness (QED) is 0.757. The maximum absolute atomic E-state index is 12.9. The summed E-state index contributed by atoms with van der Waals surface area (Å²) in [5, 5.41) is 3.17. The van der Waals surface area contributed by atoms with Crippen LogP contribution in [0.1, 0.15) is 38.7 Å². The predicted octanol–water partition coefficient (Wildman–Crippen LogP) is 4.36. The number of nitrogens with zero attached hydrogens (tertiary/aromatic N) is 2. The number of carbonyl (C=O) groups excluding carboxylic acids is 1. The summed E-state index contributed by atoms with van der Waals surface area (Å²) in [6, 6.07) is 16.1. The van der Waals surface area contributed by atoms with Crippen molar-refractivity contribution in [2.24, 2.45) is 0 Å². The summed E-state index contributed by atoms with van der Waals surface area (Å²) in [6.45, 7) is 9.89. The van der Waals surface area contributed by atoms with Crippen molar-refractivity contribution in [2.45, 2.75) is 39.2 Å². The Labute approximate surface area is 174 Å². The molecule has 2 atom stereocenters. The van der Waals surface area contributed by atoms with E-state index < -0.39 is 0 Å². The lowest BCUT2D eigenvalue weighted by Gasteiger charge is -2.38. The SMILES string of the molecule is CC[C@@H](C)c1ccccc1NC(=O)[C@H](C)N1CCN(c2cccc(OC)c2)CC1. The Balaban J connectivity index is 1.59. The number of hydrogen-bond acceptors (Lipinski definition) is 4. The molecule has 0 saturated carbocycles. The van der Waals surface area contributed by atoms with Crippen molar-refractivity contribution in [3.8, 4) is 5.75 Å². The second-order valence-electron chi connectivity index (χ2n) is 7.79. The average Bonchev–Trinajstić information content (AvgIpc) is 2.78. The number of amides is 1. The molecule has 1 amide bonds. The van der Waals surface area contributed by atoms with Gasteiger partial charge in [0.1, 0.15) is 5.75 Å². The summed E-state index contributed by atoms with van der Waals surface area (Å²) in [5.74, 6) is 1.36. The van der Waals surface area contributed by atoms with E-state index in [4.69, 9.17) is 4.74 Å². The summed E-state index contributed by atoms with van der Waals surface area (Å²) in [6.07, 6.45) is 1.05. The van der Waals surface area contributed by atoms with Crippen LogP contribution in [0.3, 0.4) is 0 Å². The van der Waals surface area contributed by atoms with Gasteiger partial charge in [-0.2, -0.15) is 0 Å². The maximum atomic E-state index is 12.9. The molecule has 5 nitrogen and oxygen atoms in total. The van der Waals surface area contributed by atoms with Gasteiger partial charge < -0.3 is 15.0 Å². The lowest BCUT2D eigenvalue weighted by Crippen LogP contribution is -2.52. The highest BCUT2D eigenvalue weighted by Gasteiger charge is 2.26. The van der Waals surface area contributed by atoms with Gasteiger partial charge in [-0.05, 0) is 43.0 Å². The van der Waals surface area contributed by atoms with Gasteiger partial charge in [-0.25, -0.2) is 0 Å². The van der Waals surface area contributed by atoms with Gasteiger partial charge in [0, 0.05) is 43.6 Å². The Kier molecular flexibility index (Phi) is 7.15. The van der Waals surface area contributed by atoms with Crippen molar-refractivity contribution in [2.75, 3.05) is 43.5 Å². The molecule has 1 aliphatic heterocycles. The smallest absolute Gasteiger partial charge is 0.241 e. The second-order valence-corrected chi connectivity index (χ2v) is 7.79. The molecule has 1 N–H and O–H groups in total. The number of hydrogen-bond donors (Lipinski definition) is 1. The van der Waals surface area contributed by atoms with E-state index in [1.807, 2.05) is 37.3 Å². The van der Waals surface area contributed by atoms with Crippen LogP contribution in [0.5, 0.6) is 5.75 Å². The first kappa shape index (κ1) is 21.2. The molecule has 1 heterocycles. The first-order valence-electron chi connectivity index (χ1n) is 10.6. The third kappa shape index (κ3) is 5.10. The number of methoxy groups -OCH3 is 1. The summed E-state index contributed by atoms with van der Waals surface area (Å²) in [4.78, 5) is 17.5. The summed E-state index contributed by atoms with van der Waals surface area (Å²) >= 11 is 0. The average molecular weight is 396 g/mol. The Hall–Kier alpha value is -2.53. The van der Waals surface area contributed by atoms with E-state index in [1.165, 1.54) is 11.3 Å². The van der Waals surface area contributed by atoms with Crippen molar-refractivity contribution in [1.29, 1.82) is 0 Å². The highest BCUT2D eigenvalue weighted by molar-refractivity contribution is 5.95. The Morgan fingerprint density at radius 3 is 2.48 bits per heavy atom. The number of para-hydroxylation sites is 1. The number of carbonyl (C=O) groups is 1. The molecule has 2 aromatic rings. The Morgan fingerprint density at radius 1 is 1.07 bits per heavy atom. The van der Waals surface area contributed by atoms with E-state index >= 15 is 0 Å². The van der Waals surface area contributed by atoms with E-state index in [2.05, 4.69) is 47.2 Å². The molecule has 0 radical (unpaired) electrons. The third-order valence-electron chi connectivity index (χ3n) is 6.02. The van der Waals surface area contributed by atoms with Crippen molar-refractivity contribution >= 4 is 17.3 Å². The summed E-state index contributed by atoms with van der Waals surface area (Å²) < 4.78 is 5.34. The van der Waals surface area contributed by atoms with E-state index in [0.29, 0.717) is 5.92 Å². The molecule has 1 fully saturated rings. The zero-order valence-electron chi connectivity index (χ0n) is 18.0. The van der Waals surface area contributed by atoms with E-state index in [0.717, 1.165) is 44.0 Å². The van der Waals surface area contributed by atoms with E-state index in [9.17, 15) is 4.79 Å². The normalized spacial score (nSPS) is 16.9. The minimum atomic E-state index is -0.160. The van der Waals surface area contributed by atoms with Crippen LogP contribution >= 0.6 is 0 Å². The molecule has 0 spiro atoms. The standard InChI is InChI=1S/C24H33N3O2/c1-5-18(2)22-11-6-7-12-23(22)25-24(28)19(3)26-13-15-27(16-14-26)20-9-8-10-21(17-20)29-4/h6-12,17-19H,5,13-16H2,1-4H3,(H,25,28)/t18-,19+/m1/s1. The highest BCUT2D eigenvalue weighted by Crippen LogP contribution is 2.27. The zero-order valence-corrected chi connectivity index (χ0v) is 18.0. The first-order valence-corrected chi connectivity index (χ1v) is 10.6. The van der Waals surface area contributed by atoms with E-state index in [-0.39, 0.29) is 11.9 Å². The number of nitrogens with one attached hydrogen (secondary N) is 1. The van der Waals surface area contributed by atoms with Crippen molar-refractivity contribution in [3.05, 3.63) is 54.1 Å². The minimum absolute atomic E-state index is 0.0654. The number of benzene rings is 2. The van der Waals surface area contributed by atoms with E-state index in [1.54, 1.807) is 7.11 Å². The maximum Gasteiger partial charge on any atom is 0.241 e. The van der Waals surface area contributed by atoms with Crippen molar-refractivity contribution in [1.82, 2.24) is 4.90 Å². The van der Waals surface area contributed by atoms with Crippen LogP contribution in [-0.2, 0) is 4.79 Å². The molecular formula is C24H33N3O2. The topological polar surface area (TPSA) is 44.8 Å². The van der Waals surface area contributed by atoms with Gasteiger partial charge in [-0.15, -0.1) is 0 Å². The largest absolute Gasteiger partial charge is 0.497 e. The molecular weight excluding hydrogens is 362 g/mol. The van der Waals surface area contributed by atoms with Crippen LogP contribution in [0.25, 0.3) is 0 Å². The Morgan fingerprint density at radius 2 is 1.79 bits per heavy atom. The van der Waals surface area contributed by atoms with Gasteiger partial charge in [0.15, 0.2) is 0 Å². The van der Waals surface area contributed by atoms with Gasteiger partial charge in [0.25, 0.3) is 0 Å². The van der Waals surface area contributed by atoms with Gasteiger partial charge in [-0.1, -0.05) is 38.1 Å². The van der Waals surface area contributed by atoms with Crippen molar-refractivity contribution < 1.29 is 9.53 Å². The fourth-order valence-electron chi connectivity index (χ4n) is 3.84. The van der Waals surface area contributed by atoms with Crippen LogP contribution in [-0.4, -0.2) is 50.1 Å². The first-order chi connectivity index (χ1) is 14.0. The summed E-state index contributed by atoms with van der Waals surface area (Å²) in [7, 11) is 1.69. The molecule has 0 unspecified atom stereocenters. The summed E-state index contributed by atoms with van der Waals surface area (Å²) in [5.41, 5.74) is 3.32. The van der Waals surface area contributed by atoms with Gasteiger partial charge in [-0.3, -0.25) is 9.69 Å². The number of piperazine rings is 1. The Bertz CT molecular complexity index is 815. The van der Waals surface area contributed by atoms with Crippen LogP contribution in [0.2, 0.25) is 0 Å². The molecule has 156 valence electrons. The molecule has 1 aliphatic rings. The van der Waals surface area contributed by atoms with Crippen LogP contribution in [0, 0.1) is 0 Å². The number of ether oxygens (including phenoxy) is 1. The predicted molar refractivity (Wildman–Crippen MR) is 120 cm³/mol. The molecule has 29 heavy (non-hydrogen) atoms. The van der Waals surface area contributed by atoms with Crippen LogP contribution in [0.4, 0.5) is 11.4 Å². The fraction of sp³-hybridized carbons (Fsp3) is 0.458. The van der Waals surface area contributed by atoms with Gasteiger partial charge >= 0.3 is 0 Å². The molecule has 5 heteroatoms. The zero-order chi connectivity index (χ0) is 20.8. The fourth-order valence-corrected chi connectivity index (χ4v) is 3.84. The monoisotopic (exact) mass is 395 g/mol. The molecule has 0 aromatic heterocycles.